The SMILES string of the molecule is NCCCCC(NC(=O)[C@@H]1CCCN1C(=O)Cc1cccc2ccccc12)C(=O)NC(CCC(=O)O)C(N)=O. The van der Waals surface area contributed by atoms with Crippen LogP contribution in [-0.2, 0) is 30.4 Å². The van der Waals surface area contributed by atoms with Crippen LogP contribution in [0, 0.1) is 0 Å². The van der Waals surface area contributed by atoms with Crippen LogP contribution >= 0.6 is 0 Å². The summed E-state index contributed by atoms with van der Waals surface area (Å²) in [7, 11) is 0. The lowest BCUT2D eigenvalue weighted by molar-refractivity contribution is -0.139. The zero-order valence-electron chi connectivity index (χ0n) is 21.9. The number of hydrogen-bond acceptors (Lipinski definition) is 6. The van der Waals surface area contributed by atoms with Gasteiger partial charge in [0.2, 0.25) is 23.6 Å². The molecule has 2 unspecified atom stereocenters. The Kier molecular flexibility index (Phi) is 10.8. The van der Waals surface area contributed by atoms with E-state index < -0.39 is 41.8 Å². The van der Waals surface area contributed by atoms with Crippen molar-refractivity contribution in [2.75, 3.05) is 13.1 Å². The maximum Gasteiger partial charge on any atom is 0.303 e. The predicted molar refractivity (Wildman–Crippen MR) is 145 cm³/mol. The van der Waals surface area contributed by atoms with Crippen LogP contribution in [0.4, 0.5) is 0 Å². The molecule has 11 heteroatoms. The molecule has 0 saturated carbocycles. The minimum absolute atomic E-state index is 0.148. The molecule has 1 aliphatic rings. The number of unbranched alkanes of at least 4 members (excludes halogenated alkanes) is 1. The minimum Gasteiger partial charge on any atom is -0.481 e. The fourth-order valence-electron chi connectivity index (χ4n) is 4.90. The molecule has 0 spiro atoms. The first-order valence-electron chi connectivity index (χ1n) is 13.3. The number of carboxylic acid groups (broad SMARTS) is 1. The second-order valence-electron chi connectivity index (χ2n) is 9.80. The van der Waals surface area contributed by atoms with Gasteiger partial charge in [0.05, 0.1) is 6.42 Å². The first-order chi connectivity index (χ1) is 18.7. The van der Waals surface area contributed by atoms with Gasteiger partial charge < -0.3 is 32.1 Å². The standard InChI is InChI=1S/C28H37N5O6/c29-15-4-3-11-22(27(38)31-21(26(30)37)13-14-25(35)36)32-28(39)23-12-6-16-33(23)24(34)17-19-9-5-8-18-7-1-2-10-20(18)19/h1-2,5,7-10,21-23H,3-4,6,11-17,29H2,(H2,30,37)(H,31,38)(H,32,39)(H,35,36)/t21?,22?,23-/m0/s1. The third kappa shape index (κ3) is 8.25. The highest BCUT2D eigenvalue weighted by Crippen LogP contribution is 2.23. The summed E-state index contributed by atoms with van der Waals surface area (Å²) in [6, 6.07) is 10.7. The molecule has 1 fully saturated rings. The molecule has 1 aliphatic heterocycles. The fraction of sp³-hybridized carbons (Fsp3) is 0.464. The zero-order chi connectivity index (χ0) is 28.4. The van der Waals surface area contributed by atoms with Crippen molar-refractivity contribution in [3.8, 4) is 0 Å². The Morgan fingerprint density at radius 3 is 2.44 bits per heavy atom. The van der Waals surface area contributed by atoms with E-state index in [1.807, 2.05) is 42.5 Å². The average Bonchev–Trinajstić information content (AvgIpc) is 3.41. The Morgan fingerprint density at radius 1 is 0.974 bits per heavy atom. The molecule has 0 bridgehead atoms. The Balaban J connectivity index is 1.69. The minimum atomic E-state index is -1.19. The molecular weight excluding hydrogens is 502 g/mol. The van der Waals surface area contributed by atoms with Crippen molar-refractivity contribution < 1.29 is 29.1 Å². The van der Waals surface area contributed by atoms with Crippen molar-refractivity contribution in [1.29, 1.82) is 0 Å². The van der Waals surface area contributed by atoms with Gasteiger partial charge in [-0.1, -0.05) is 42.5 Å². The van der Waals surface area contributed by atoms with Crippen molar-refractivity contribution in [2.24, 2.45) is 11.5 Å². The Bertz CT molecular complexity index is 1200. The van der Waals surface area contributed by atoms with E-state index >= 15 is 0 Å². The number of carbonyl (C=O) groups is 5. The van der Waals surface area contributed by atoms with E-state index in [0.29, 0.717) is 38.8 Å². The number of nitrogens with zero attached hydrogens (tertiary/aromatic N) is 1. The van der Waals surface area contributed by atoms with Crippen molar-refractivity contribution in [3.05, 3.63) is 48.0 Å². The predicted octanol–water partition coefficient (Wildman–Crippen LogP) is 0.822. The van der Waals surface area contributed by atoms with Crippen molar-refractivity contribution >= 4 is 40.4 Å². The number of carbonyl (C=O) groups excluding carboxylic acids is 4. The van der Waals surface area contributed by atoms with Crippen molar-refractivity contribution in [3.63, 3.8) is 0 Å². The Morgan fingerprint density at radius 2 is 1.72 bits per heavy atom. The number of benzene rings is 2. The van der Waals surface area contributed by atoms with Crippen LogP contribution in [0.2, 0.25) is 0 Å². The fourth-order valence-corrected chi connectivity index (χ4v) is 4.90. The van der Waals surface area contributed by atoms with Crippen LogP contribution in [0.1, 0.15) is 50.5 Å². The first-order valence-corrected chi connectivity index (χ1v) is 13.3. The van der Waals surface area contributed by atoms with Gasteiger partial charge in [0.1, 0.15) is 18.1 Å². The molecule has 39 heavy (non-hydrogen) atoms. The molecule has 2 aromatic rings. The number of aliphatic carboxylic acids is 1. The zero-order valence-corrected chi connectivity index (χ0v) is 21.9. The number of nitrogens with two attached hydrogens (primary N) is 2. The van der Waals surface area contributed by atoms with E-state index in [1.54, 1.807) is 4.90 Å². The summed E-state index contributed by atoms with van der Waals surface area (Å²) in [5, 5.41) is 16.2. The molecule has 0 aromatic heterocycles. The van der Waals surface area contributed by atoms with Gasteiger partial charge in [-0.3, -0.25) is 24.0 Å². The molecule has 1 heterocycles. The number of nitrogens with one attached hydrogen (secondary N) is 2. The normalized spacial score (nSPS) is 16.4. The van der Waals surface area contributed by atoms with E-state index in [9.17, 15) is 24.0 Å². The van der Waals surface area contributed by atoms with Crippen LogP contribution < -0.4 is 22.1 Å². The molecule has 210 valence electrons. The highest BCUT2D eigenvalue weighted by atomic mass is 16.4. The lowest BCUT2D eigenvalue weighted by atomic mass is 10.0. The maximum absolute atomic E-state index is 13.3. The lowest BCUT2D eigenvalue weighted by Gasteiger charge is -2.27. The molecular formula is C28H37N5O6. The third-order valence-electron chi connectivity index (χ3n) is 6.98. The highest BCUT2D eigenvalue weighted by molar-refractivity contribution is 5.95. The Hall–Kier alpha value is -3.99. The van der Waals surface area contributed by atoms with Gasteiger partial charge in [-0.15, -0.1) is 0 Å². The lowest BCUT2D eigenvalue weighted by Crippen LogP contribution is -2.56. The monoisotopic (exact) mass is 539 g/mol. The maximum atomic E-state index is 13.3. The smallest absolute Gasteiger partial charge is 0.303 e. The van der Waals surface area contributed by atoms with Gasteiger partial charge in [0.15, 0.2) is 0 Å². The summed E-state index contributed by atoms with van der Waals surface area (Å²) < 4.78 is 0. The van der Waals surface area contributed by atoms with E-state index in [4.69, 9.17) is 16.6 Å². The van der Waals surface area contributed by atoms with Crippen LogP contribution in [0.3, 0.4) is 0 Å². The van der Waals surface area contributed by atoms with Crippen molar-refractivity contribution in [1.82, 2.24) is 15.5 Å². The summed E-state index contributed by atoms with van der Waals surface area (Å²) >= 11 is 0. The number of carboxylic acids is 1. The van der Waals surface area contributed by atoms with E-state index in [0.717, 1.165) is 16.3 Å². The molecule has 7 N–H and O–H groups in total. The van der Waals surface area contributed by atoms with E-state index in [2.05, 4.69) is 10.6 Å². The Labute approximate surface area is 227 Å². The first kappa shape index (κ1) is 29.6. The average molecular weight is 540 g/mol. The molecule has 11 nitrogen and oxygen atoms in total. The molecule has 3 rings (SSSR count). The van der Waals surface area contributed by atoms with Gasteiger partial charge in [0.25, 0.3) is 0 Å². The molecule has 3 atom stereocenters. The molecule has 0 radical (unpaired) electrons. The van der Waals surface area contributed by atoms with Crippen LogP contribution in [-0.4, -0.2) is 70.8 Å². The molecule has 1 saturated heterocycles. The van der Waals surface area contributed by atoms with E-state index in [-0.39, 0.29) is 31.6 Å². The van der Waals surface area contributed by atoms with Gasteiger partial charge in [-0.05, 0) is 61.4 Å². The second kappa shape index (κ2) is 14.2. The second-order valence-corrected chi connectivity index (χ2v) is 9.80. The summed E-state index contributed by atoms with van der Waals surface area (Å²) in [5.74, 6) is -3.25. The van der Waals surface area contributed by atoms with Gasteiger partial charge in [-0.2, -0.15) is 0 Å². The molecule has 0 aliphatic carbocycles. The number of rotatable bonds is 14. The van der Waals surface area contributed by atoms with Crippen molar-refractivity contribution in [2.45, 2.75) is 69.5 Å². The number of likely N-dealkylation sites (tertiary alicyclic amines) is 1. The van der Waals surface area contributed by atoms with Crippen LogP contribution in [0.15, 0.2) is 42.5 Å². The van der Waals surface area contributed by atoms with Gasteiger partial charge in [0, 0.05) is 13.0 Å². The molecule has 4 amide bonds. The number of hydrogen-bond donors (Lipinski definition) is 5. The van der Waals surface area contributed by atoms with Crippen LogP contribution in [0.5, 0.6) is 0 Å². The molecule has 2 aromatic carbocycles. The summed E-state index contributed by atoms with van der Waals surface area (Å²) in [4.78, 5) is 63.9. The number of amides is 4. The highest BCUT2D eigenvalue weighted by Gasteiger charge is 2.36. The topological polar surface area (TPSA) is 185 Å². The number of fused-ring (bicyclic) bond motifs is 1. The quantitative estimate of drug-likeness (QED) is 0.220. The van der Waals surface area contributed by atoms with Crippen LogP contribution in [0.25, 0.3) is 10.8 Å². The summed E-state index contributed by atoms with van der Waals surface area (Å²) in [5.41, 5.74) is 11.8. The summed E-state index contributed by atoms with van der Waals surface area (Å²) in [6.07, 6.45) is 2.17. The number of primary amides is 1. The van der Waals surface area contributed by atoms with E-state index in [1.165, 1.54) is 0 Å². The van der Waals surface area contributed by atoms with Gasteiger partial charge >= 0.3 is 5.97 Å². The summed E-state index contributed by atoms with van der Waals surface area (Å²) in [6.45, 7) is 0.842. The third-order valence-corrected chi connectivity index (χ3v) is 6.98. The largest absolute Gasteiger partial charge is 0.481 e. The van der Waals surface area contributed by atoms with Gasteiger partial charge in [-0.25, -0.2) is 0 Å².